The number of esters is 2. The van der Waals surface area contributed by atoms with Gasteiger partial charge in [-0.1, -0.05) is 41.5 Å². The van der Waals surface area contributed by atoms with Crippen molar-refractivity contribution in [2.45, 2.75) is 107 Å². The SMILES string of the molecule is CC(=O)OC(CC(=O)OC(C)(C)C)C1CC2CC1C1C3CC(C21)C(C(C)(C)C)C3C(C)(C)C. The highest BCUT2D eigenvalue weighted by Gasteiger charge is 2.70. The Balaban J connectivity index is 1.58. The van der Waals surface area contributed by atoms with Gasteiger partial charge in [-0.2, -0.15) is 0 Å². The molecule has 0 aliphatic heterocycles. The van der Waals surface area contributed by atoms with Crippen molar-refractivity contribution in [2.24, 2.45) is 64.1 Å². The third-order valence-corrected chi connectivity index (χ3v) is 9.61. The van der Waals surface area contributed by atoms with Crippen LogP contribution in [0, 0.1) is 64.1 Å². The second kappa shape index (κ2) is 7.98. The molecule has 10 atom stereocenters. The Labute approximate surface area is 201 Å². The maximum absolute atomic E-state index is 12.7. The van der Waals surface area contributed by atoms with Crippen molar-refractivity contribution in [2.75, 3.05) is 0 Å². The van der Waals surface area contributed by atoms with Gasteiger partial charge in [-0.05, 0) is 104 Å². The van der Waals surface area contributed by atoms with E-state index in [0.717, 1.165) is 47.8 Å². The van der Waals surface area contributed by atoms with Gasteiger partial charge >= 0.3 is 11.9 Å². The van der Waals surface area contributed by atoms with E-state index in [-0.39, 0.29) is 24.5 Å². The van der Waals surface area contributed by atoms with Crippen LogP contribution in [0.25, 0.3) is 0 Å². The van der Waals surface area contributed by atoms with Crippen molar-refractivity contribution in [3.8, 4) is 0 Å². The molecule has 0 N–H and O–H groups in total. The van der Waals surface area contributed by atoms with Gasteiger partial charge < -0.3 is 9.47 Å². The van der Waals surface area contributed by atoms with E-state index in [0.29, 0.717) is 22.7 Å². The molecule has 0 saturated heterocycles. The first-order chi connectivity index (χ1) is 15.0. The van der Waals surface area contributed by atoms with E-state index in [2.05, 4.69) is 41.5 Å². The molecule has 0 aromatic heterocycles. The summed E-state index contributed by atoms with van der Waals surface area (Å²) in [5.41, 5.74) is 0.107. The molecular weight excluding hydrogens is 412 g/mol. The monoisotopic (exact) mass is 460 g/mol. The van der Waals surface area contributed by atoms with E-state index >= 15 is 0 Å². The first-order valence-electron chi connectivity index (χ1n) is 13.4. The van der Waals surface area contributed by atoms with E-state index in [1.165, 1.54) is 19.8 Å². The fourth-order valence-corrected chi connectivity index (χ4v) is 9.50. The van der Waals surface area contributed by atoms with Crippen molar-refractivity contribution >= 4 is 11.9 Å². The normalized spacial score (nSPS) is 40.6. The third kappa shape index (κ3) is 4.49. The summed E-state index contributed by atoms with van der Waals surface area (Å²) in [6.07, 6.45) is 3.57. The van der Waals surface area contributed by atoms with Crippen LogP contribution in [0.2, 0.25) is 0 Å². The lowest BCUT2D eigenvalue weighted by Gasteiger charge is -2.53. The number of ether oxygens (including phenoxy) is 2. The predicted octanol–water partition coefficient (Wildman–Crippen LogP) is 6.51. The van der Waals surface area contributed by atoms with Crippen LogP contribution < -0.4 is 0 Å². The van der Waals surface area contributed by atoms with Gasteiger partial charge in [0.2, 0.25) is 0 Å². The van der Waals surface area contributed by atoms with Crippen LogP contribution >= 0.6 is 0 Å². The van der Waals surface area contributed by atoms with Crippen LogP contribution in [0.3, 0.4) is 0 Å². The van der Waals surface area contributed by atoms with Crippen LogP contribution in [0.4, 0.5) is 0 Å². The first kappa shape index (κ1) is 25.0. The highest BCUT2D eigenvalue weighted by molar-refractivity contribution is 5.72. The fraction of sp³-hybridized carbons (Fsp3) is 0.931. The highest BCUT2D eigenvalue weighted by atomic mass is 16.6. The second-order valence-corrected chi connectivity index (χ2v) is 15.0. The summed E-state index contributed by atoms with van der Waals surface area (Å²) in [6.45, 7) is 21.9. The molecule has 0 heterocycles. The van der Waals surface area contributed by atoms with E-state index in [4.69, 9.17) is 9.47 Å². The van der Waals surface area contributed by atoms with Gasteiger partial charge in [0.15, 0.2) is 0 Å². The average molecular weight is 461 g/mol. The van der Waals surface area contributed by atoms with Gasteiger partial charge in [0.25, 0.3) is 0 Å². The van der Waals surface area contributed by atoms with Gasteiger partial charge in [0.1, 0.15) is 11.7 Å². The zero-order valence-corrected chi connectivity index (χ0v) is 22.7. The number of carbonyl (C=O) groups excluding carboxylic acids is 2. The van der Waals surface area contributed by atoms with E-state index in [1.54, 1.807) is 0 Å². The highest BCUT2D eigenvalue weighted by Crippen LogP contribution is 2.75. The van der Waals surface area contributed by atoms with Crippen LogP contribution in [0.15, 0.2) is 0 Å². The Morgan fingerprint density at radius 1 is 0.788 bits per heavy atom. The zero-order chi connectivity index (χ0) is 24.7. The van der Waals surface area contributed by atoms with E-state index in [9.17, 15) is 9.59 Å². The Morgan fingerprint density at radius 3 is 1.82 bits per heavy atom. The van der Waals surface area contributed by atoms with Crippen molar-refractivity contribution in [1.82, 2.24) is 0 Å². The molecule has 4 rings (SSSR count). The topological polar surface area (TPSA) is 52.6 Å². The molecule has 4 heteroatoms. The summed E-state index contributed by atoms with van der Waals surface area (Å²) in [5, 5.41) is 0. The molecule has 4 fully saturated rings. The van der Waals surface area contributed by atoms with Crippen LogP contribution in [-0.4, -0.2) is 23.6 Å². The molecule has 4 saturated carbocycles. The maximum atomic E-state index is 12.7. The Hall–Kier alpha value is -1.06. The first-order valence-corrected chi connectivity index (χ1v) is 13.4. The summed E-state index contributed by atoms with van der Waals surface area (Å²) >= 11 is 0. The number of hydrogen-bond donors (Lipinski definition) is 0. The average Bonchev–Trinajstić information content (AvgIpc) is 3.34. The van der Waals surface area contributed by atoms with Crippen molar-refractivity contribution < 1.29 is 19.1 Å². The largest absolute Gasteiger partial charge is 0.462 e. The maximum Gasteiger partial charge on any atom is 0.310 e. The molecule has 4 aliphatic rings. The van der Waals surface area contributed by atoms with Gasteiger partial charge in [-0.15, -0.1) is 0 Å². The van der Waals surface area contributed by atoms with Crippen molar-refractivity contribution in [3.05, 3.63) is 0 Å². The summed E-state index contributed by atoms with van der Waals surface area (Å²) in [6, 6.07) is 0. The molecule has 0 spiro atoms. The lowest BCUT2D eigenvalue weighted by molar-refractivity contribution is -0.165. The second-order valence-electron chi connectivity index (χ2n) is 15.0. The molecule has 10 unspecified atom stereocenters. The van der Waals surface area contributed by atoms with Crippen molar-refractivity contribution in [3.63, 3.8) is 0 Å². The van der Waals surface area contributed by atoms with Crippen LogP contribution in [0.5, 0.6) is 0 Å². The van der Waals surface area contributed by atoms with Crippen LogP contribution in [0.1, 0.15) is 94.9 Å². The molecule has 4 aliphatic carbocycles. The van der Waals surface area contributed by atoms with E-state index in [1.807, 2.05) is 20.8 Å². The van der Waals surface area contributed by atoms with Crippen LogP contribution in [-0.2, 0) is 19.1 Å². The van der Waals surface area contributed by atoms with Gasteiger partial charge in [-0.3, -0.25) is 9.59 Å². The van der Waals surface area contributed by atoms with Gasteiger partial charge in [0.05, 0.1) is 6.42 Å². The van der Waals surface area contributed by atoms with E-state index < -0.39 is 5.60 Å². The zero-order valence-electron chi connectivity index (χ0n) is 22.7. The quantitative estimate of drug-likeness (QED) is 0.354. The summed E-state index contributed by atoms with van der Waals surface area (Å²) < 4.78 is 11.4. The molecule has 33 heavy (non-hydrogen) atoms. The fourth-order valence-electron chi connectivity index (χ4n) is 9.50. The minimum absolute atomic E-state index is 0.184. The molecule has 4 bridgehead atoms. The summed E-state index contributed by atoms with van der Waals surface area (Å²) in [5.74, 6) is 5.75. The number of fused-ring (bicyclic) bond motifs is 9. The molecule has 0 radical (unpaired) electrons. The van der Waals surface area contributed by atoms with Gasteiger partial charge in [-0.25, -0.2) is 0 Å². The Kier molecular flexibility index (Phi) is 6.06. The number of hydrogen-bond acceptors (Lipinski definition) is 4. The molecule has 0 amide bonds. The Bertz CT molecular complexity index is 779. The summed E-state index contributed by atoms with van der Waals surface area (Å²) in [4.78, 5) is 24.7. The van der Waals surface area contributed by atoms with Gasteiger partial charge in [0, 0.05) is 6.92 Å². The van der Waals surface area contributed by atoms with Crippen molar-refractivity contribution in [1.29, 1.82) is 0 Å². The number of rotatable bonds is 4. The third-order valence-electron chi connectivity index (χ3n) is 9.61. The summed E-state index contributed by atoms with van der Waals surface area (Å²) in [7, 11) is 0. The predicted molar refractivity (Wildman–Crippen MR) is 130 cm³/mol. The molecule has 188 valence electrons. The molecule has 4 nitrogen and oxygen atoms in total. The standard InChI is InChI=1S/C29H48O4/c1-15(30)32-21(14-22(31)33-29(8,9)10)17-11-16-12-18(17)24-20-13-19(23(16)24)25(27(2,3)4)26(20)28(5,6)7/h16-21,23-26H,11-14H2,1-10H3. The molecule has 0 aromatic rings. The smallest absolute Gasteiger partial charge is 0.310 e. The Morgan fingerprint density at radius 2 is 1.33 bits per heavy atom. The molecule has 0 aromatic carbocycles. The minimum atomic E-state index is -0.524. The lowest BCUT2D eigenvalue weighted by Crippen LogP contribution is -2.49. The molecular formula is C29H48O4. The number of carbonyl (C=O) groups is 2. The lowest BCUT2D eigenvalue weighted by atomic mass is 9.52. The minimum Gasteiger partial charge on any atom is -0.462 e.